The van der Waals surface area contributed by atoms with Crippen LogP contribution in [0.3, 0.4) is 0 Å². The van der Waals surface area contributed by atoms with Crippen molar-refractivity contribution >= 4 is 5.91 Å². The highest BCUT2D eigenvalue weighted by atomic mass is 19.1. The number of carbonyl (C=O) groups is 1. The molecule has 2 fully saturated rings. The lowest BCUT2D eigenvalue weighted by Crippen LogP contribution is -2.45. The summed E-state index contributed by atoms with van der Waals surface area (Å²) < 4.78 is 19.4. The van der Waals surface area contributed by atoms with E-state index in [-0.39, 0.29) is 29.8 Å². The Hall–Kier alpha value is -2.47. The summed E-state index contributed by atoms with van der Waals surface area (Å²) >= 11 is 0. The van der Waals surface area contributed by atoms with Gasteiger partial charge in [0, 0.05) is 17.8 Å². The second-order valence-electron chi connectivity index (χ2n) is 7.53. The number of carbonyl (C=O) groups excluding carboxylic acids is 1. The van der Waals surface area contributed by atoms with Crippen LogP contribution in [0.1, 0.15) is 42.9 Å². The molecule has 2 aliphatic carbocycles. The Balaban J connectivity index is 1.58. The van der Waals surface area contributed by atoms with Crippen molar-refractivity contribution < 1.29 is 19.0 Å². The summed E-state index contributed by atoms with van der Waals surface area (Å²) in [6, 6.07) is 9.86. The lowest BCUT2D eigenvalue weighted by Gasteiger charge is -2.38. The molecule has 4 rings (SSSR count). The number of halogens is 1. The number of aliphatic hydroxyl groups excluding tert-OH is 1. The minimum Gasteiger partial charge on any atom is -0.481 e. The number of aliphatic hydroxyl groups is 1. The van der Waals surface area contributed by atoms with Gasteiger partial charge in [-0.1, -0.05) is 24.3 Å². The highest BCUT2D eigenvalue weighted by molar-refractivity contribution is 5.91. The fourth-order valence-electron chi connectivity index (χ4n) is 3.94. The number of aromatic nitrogens is 1. The summed E-state index contributed by atoms with van der Waals surface area (Å²) in [6.45, 7) is 0. The molecule has 27 heavy (non-hydrogen) atoms. The van der Waals surface area contributed by atoms with Crippen molar-refractivity contribution in [1.82, 2.24) is 10.3 Å². The zero-order valence-corrected chi connectivity index (χ0v) is 15.2. The number of nitrogens with one attached hydrogen (secondary N) is 1. The van der Waals surface area contributed by atoms with Gasteiger partial charge < -0.3 is 15.2 Å². The molecular weight excluding hydrogens is 347 g/mol. The molecule has 0 radical (unpaired) electrons. The molecule has 1 atom stereocenters. The maximum atomic E-state index is 14.3. The van der Waals surface area contributed by atoms with Gasteiger partial charge in [0.1, 0.15) is 5.82 Å². The van der Waals surface area contributed by atoms with E-state index >= 15 is 0 Å². The number of hydrogen-bond donors (Lipinski definition) is 2. The molecule has 1 amide bonds. The minimum absolute atomic E-state index is 0.135. The molecule has 1 heterocycles. The highest BCUT2D eigenvalue weighted by Gasteiger charge is 2.53. The molecule has 2 aromatic rings. The first-order chi connectivity index (χ1) is 13.0. The predicted octanol–water partition coefficient (Wildman–Crippen LogP) is 2.89. The van der Waals surface area contributed by atoms with Gasteiger partial charge in [-0.15, -0.1) is 0 Å². The predicted molar refractivity (Wildman–Crippen MR) is 97.7 cm³/mol. The second-order valence-corrected chi connectivity index (χ2v) is 7.53. The van der Waals surface area contributed by atoms with Crippen molar-refractivity contribution in [2.24, 2.45) is 5.92 Å². The zero-order valence-electron chi connectivity index (χ0n) is 15.2. The van der Waals surface area contributed by atoms with E-state index in [0.717, 1.165) is 5.56 Å². The van der Waals surface area contributed by atoms with E-state index in [2.05, 4.69) is 10.3 Å². The zero-order chi connectivity index (χ0) is 19.0. The molecule has 2 N–H and O–H groups in total. The van der Waals surface area contributed by atoms with Crippen LogP contribution >= 0.6 is 0 Å². The molecule has 0 spiro atoms. The molecule has 0 unspecified atom stereocenters. The smallest absolute Gasteiger partial charge is 0.231 e. The van der Waals surface area contributed by atoms with Crippen LogP contribution in [0, 0.1) is 11.7 Å². The normalized spacial score (nSPS) is 23.8. The Morgan fingerprint density at radius 3 is 2.59 bits per heavy atom. The maximum Gasteiger partial charge on any atom is 0.231 e. The summed E-state index contributed by atoms with van der Waals surface area (Å²) in [4.78, 5) is 17.4. The number of amides is 1. The molecule has 142 valence electrons. The number of benzene rings is 1. The van der Waals surface area contributed by atoms with Crippen LogP contribution in [0.5, 0.6) is 5.88 Å². The number of methoxy groups -OCH3 is 1. The number of hydrogen-bond acceptors (Lipinski definition) is 4. The van der Waals surface area contributed by atoms with E-state index in [0.29, 0.717) is 37.1 Å². The van der Waals surface area contributed by atoms with Crippen LogP contribution < -0.4 is 10.1 Å². The lowest BCUT2D eigenvalue weighted by molar-refractivity contribution is -0.125. The standard InChI is InChI=1S/C21H23FN2O3/c1-27-18-7-6-13(12-23-18)19(14-10-15(25)11-14)24-20(26)21(8-9-21)16-4-2-3-5-17(16)22/h2-7,12,14-15,19,25H,8-11H2,1H3,(H,24,26)/t14?,15?,19-/m1/s1. The van der Waals surface area contributed by atoms with Crippen LogP contribution in [-0.4, -0.2) is 29.2 Å². The van der Waals surface area contributed by atoms with Crippen LogP contribution in [-0.2, 0) is 10.2 Å². The Morgan fingerprint density at radius 1 is 1.30 bits per heavy atom. The number of nitrogens with zero attached hydrogens (tertiary/aromatic N) is 1. The molecule has 1 aromatic carbocycles. The van der Waals surface area contributed by atoms with Gasteiger partial charge in [0.15, 0.2) is 0 Å². The van der Waals surface area contributed by atoms with Crippen molar-refractivity contribution in [2.45, 2.75) is 43.2 Å². The average molecular weight is 370 g/mol. The second kappa shape index (κ2) is 6.93. The van der Waals surface area contributed by atoms with Gasteiger partial charge in [0.25, 0.3) is 0 Å². The van der Waals surface area contributed by atoms with Crippen molar-refractivity contribution in [3.8, 4) is 5.88 Å². The molecule has 1 aromatic heterocycles. The molecule has 0 saturated heterocycles. The summed E-state index contributed by atoms with van der Waals surface area (Å²) in [6.07, 6.45) is 3.90. The van der Waals surface area contributed by atoms with Gasteiger partial charge in [-0.3, -0.25) is 4.79 Å². The minimum atomic E-state index is -0.786. The molecule has 6 heteroatoms. The summed E-state index contributed by atoms with van der Waals surface area (Å²) in [5.74, 6) is 0.139. The van der Waals surface area contributed by atoms with Gasteiger partial charge in [0.2, 0.25) is 11.8 Å². The van der Waals surface area contributed by atoms with E-state index in [1.807, 2.05) is 6.07 Å². The first kappa shape index (κ1) is 17.9. The summed E-state index contributed by atoms with van der Waals surface area (Å²) in [5, 5.41) is 12.8. The average Bonchev–Trinajstić information content (AvgIpc) is 3.46. The van der Waals surface area contributed by atoms with Crippen molar-refractivity contribution in [3.05, 3.63) is 59.5 Å². The molecule has 0 aliphatic heterocycles. The number of pyridine rings is 1. The Kier molecular flexibility index (Phi) is 4.60. The van der Waals surface area contributed by atoms with E-state index < -0.39 is 5.41 Å². The largest absolute Gasteiger partial charge is 0.481 e. The quantitative estimate of drug-likeness (QED) is 0.820. The summed E-state index contributed by atoms with van der Waals surface area (Å²) in [7, 11) is 1.55. The van der Waals surface area contributed by atoms with E-state index in [1.165, 1.54) is 6.07 Å². The van der Waals surface area contributed by atoms with Crippen LogP contribution in [0.25, 0.3) is 0 Å². The van der Waals surface area contributed by atoms with E-state index in [1.54, 1.807) is 37.6 Å². The van der Waals surface area contributed by atoms with E-state index in [9.17, 15) is 14.3 Å². The van der Waals surface area contributed by atoms with Gasteiger partial charge in [-0.25, -0.2) is 9.37 Å². The lowest BCUT2D eigenvalue weighted by atomic mass is 9.75. The monoisotopic (exact) mass is 370 g/mol. The van der Waals surface area contributed by atoms with Gasteiger partial charge in [-0.2, -0.15) is 0 Å². The number of ether oxygens (including phenoxy) is 1. The van der Waals surface area contributed by atoms with Gasteiger partial charge >= 0.3 is 0 Å². The van der Waals surface area contributed by atoms with Crippen LogP contribution in [0.4, 0.5) is 4.39 Å². The van der Waals surface area contributed by atoms with Crippen LogP contribution in [0.15, 0.2) is 42.6 Å². The first-order valence-electron chi connectivity index (χ1n) is 9.27. The van der Waals surface area contributed by atoms with Crippen molar-refractivity contribution in [2.75, 3.05) is 7.11 Å². The van der Waals surface area contributed by atoms with Crippen molar-refractivity contribution in [3.63, 3.8) is 0 Å². The fourth-order valence-corrected chi connectivity index (χ4v) is 3.94. The molecule has 2 aliphatic rings. The van der Waals surface area contributed by atoms with Gasteiger partial charge in [-0.05, 0) is 43.2 Å². The first-order valence-corrected chi connectivity index (χ1v) is 9.27. The van der Waals surface area contributed by atoms with Gasteiger partial charge in [0.05, 0.1) is 24.7 Å². The molecule has 2 saturated carbocycles. The third-order valence-corrected chi connectivity index (χ3v) is 5.81. The van der Waals surface area contributed by atoms with Crippen molar-refractivity contribution in [1.29, 1.82) is 0 Å². The Bertz CT molecular complexity index is 830. The van der Waals surface area contributed by atoms with Crippen LogP contribution in [0.2, 0.25) is 0 Å². The topological polar surface area (TPSA) is 71.5 Å². The third-order valence-electron chi connectivity index (χ3n) is 5.81. The Morgan fingerprint density at radius 2 is 2.04 bits per heavy atom. The SMILES string of the molecule is COc1ccc([C@@H](NC(=O)C2(c3ccccc3F)CC2)C2CC(O)C2)cn1. The Labute approximate surface area is 157 Å². The molecule has 0 bridgehead atoms. The summed E-state index contributed by atoms with van der Waals surface area (Å²) in [5.41, 5.74) is 0.541. The van der Waals surface area contributed by atoms with E-state index in [4.69, 9.17) is 4.74 Å². The molecular formula is C21H23FN2O3. The third kappa shape index (κ3) is 3.30. The molecule has 5 nitrogen and oxygen atoms in total. The number of rotatable bonds is 6. The maximum absolute atomic E-state index is 14.3. The fraction of sp³-hybridized carbons (Fsp3) is 0.429. The highest BCUT2D eigenvalue weighted by Crippen LogP contribution is 2.50.